The second-order valence-electron chi connectivity index (χ2n) is 12.3. The smallest absolute Gasteiger partial charge is 0.462 e. The number of carbonyl (C=O) groups excluding carboxylic acids is 2. The fourth-order valence-corrected chi connectivity index (χ4v) is 5.60. The zero-order valence-electron chi connectivity index (χ0n) is 29.0. The average Bonchev–Trinajstić information content (AvgIpc) is 3.04. The molecule has 0 heterocycles. The van der Waals surface area contributed by atoms with Crippen molar-refractivity contribution >= 4 is 19.8 Å². The number of rotatable bonds is 34. The Hall–Kier alpha value is -1.29. The lowest BCUT2D eigenvalue weighted by molar-refractivity contribution is -0.161. The van der Waals surface area contributed by atoms with E-state index >= 15 is 0 Å². The third-order valence-corrected chi connectivity index (χ3v) is 8.62. The first-order valence-electron chi connectivity index (χ1n) is 18.1. The molecule has 1 unspecified atom stereocenters. The van der Waals surface area contributed by atoms with Crippen LogP contribution >= 0.6 is 7.82 Å². The molecule has 0 fully saturated rings. The van der Waals surface area contributed by atoms with E-state index in [-0.39, 0.29) is 19.4 Å². The summed E-state index contributed by atoms with van der Waals surface area (Å²) in [6.07, 6.45) is 26.2. The molecule has 0 aliphatic heterocycles. The molecule has 0 aromatic carbocycles. The van der Waals surface area contributed by atoms with Crippen LogP contribution in [0.3, 0.4) is 0 Å². The number of hydrogen-bond acceptors (Lipinski definition) is 9. The summed E-state index contributed by atoms with van der Waals surface area (Å²) in [4.78, 5) is 34.6. The predicted octanol–water partition coefficient (Wildman–Crippen LogP) is 8.50. The quantitative estimate of drug-likeness (QED) is 0.0262. The summed E-state index contributed by atoms with van der Waals surface area (Å²) in [5.41, 5.74) is 0. The van der Waals surface area contributed by atoms with Crippen LogP contribution in [0.1, 0.15) is 162 Å². The van der Waals surface area contributed by atoms with Gasteiger partial charge in [-0.2, -0.15) is 0 Å². The van der Waals surface area contributed by atoms with Gasteiger partial charge in [0.05, 0.1) is 19.8 Å². The maximum absolute atomic E-state index is 12.5. The van der Waals surface area contributed by atoms with Crippen molar-refractivity contribution in [3.05, 3.63) is 12.2 Å². The maximum atomic E-state index is 12.5. The van der Waals surface area contributed by atoms with Crippen molar-refractivity contribution in [1.82, 2.24) is 0 Å². The number of ether oxygens (including phenoxy) is 2. The van der Waals surface area contributed by atoms with Crippen LogP contribution in [-0.4, -0.2) is 65.7 Å². The minimum Gasteiger partial charge on any atom is -0.462 e. The summed E-state index contributed by atoms with van der Waals surface area (Å²) in [7, 11) is -4.60. The van der Waals surface area contributed by atoms with Crippen molar-refractivity contribution < 1.29 is 47.8 Å². The number of phosphoric acid groups is 1. The molecule has 46 heavy (non-hydrogen) atoms. The van der Waals surface area contributed by atoms with E-state index < -0.39 is 51.8 Å². The van der Waals surface area contributed by atoms with E-state index in [9.17, 15) is 24.2 Å². The van der Waals surface area contributed by atoms with Crippen LogP contribution in [0, 0.1) is 0 Å². The summed E-state index contributed by atoms with van der Waals surface area (Å²) in [5.74, 6) is -0.932. The largest absolute Gasteiger partial charge is 0.472 e. The molecule has 3 atom stereocenters. The molecule has 0 radical (unpaired) electrons. The molecule has 10 nitrogen and oxygen atoms in total. The van der Waals surface area contributed by atoms with Gasteiger partial charge in [-0.1, -0.05) is 122 Å². The highest BCUT2D eigenvalue weighted by Crippen LogP contribution is 2.43. The van der Waals surface area contributed by atoms with Gasteiger partial charge in [0.15, 0.2) is 6.10 Å². The summed E-state index contributed by atoms with van der Waals surface area (Å²) in [6, 6.07) is 0. The molecular weight excluding hydrogens is 611 g/mol. The average molecular weight is 679 g/mol. The molecule has 0 aliphatic rings. The molecule has 0 bridgehead atoms. The van der Waals surface area contributed by atoms with Gasteiger partial charge >= 0.3 is 19.8 Å². The summed E-state index contributed by atoms with van der Waals surface area (Å²) in [5, 5.41) is 18.2. The molecule has 0 saturated carbocycles. The number of allylic oxidation sites excluding steroid dienone is 2. The molecule has 0 aliphatic carbocycles. The lowest BCUT2D eigenvalue weighted by Crippen LogP contribution is -2.29. The fraction of sp³-hybridized carbons (Fsp3) is 0.886. The number of aliphatic hydroxyl groups is 2. The van der Waals surface area contributed by atoms with Gasteiger partial charge in [-0.15, -0.1) is 0 Å². The van der Waals surface area contributed by atoms with Gasteiger partial charge < -0.3 is 24.6 Å². The van der Waals surface area contributed by atoms with Crippen LogP contribution in [0.2, 0.25) is 0 Å². The van der Waals surface area contributed by atoms with Gasteiger partial charge in [0, 0.05) is 12.8 Å². The van der Waals surface area contributed by atoms with E-state index in [4.69, 9.17) is 19.1 Å². The van der Waals surface area contributed by atoms with Gasteiger partial charge in [0.25, 0.3) is 0 Å². The molecule has 3 N–H and O–H groups in total. The van der Waals surface area contributed by atoms with Crippen LogP contribution in [0.15, 0.2) is 12.2 Å². The van der Waals surface area contributed by atoms with Crippen LogP contribution in [0.5, 0.6) is 0 Å². The van der Waals surface area contributed by atoms with Crippen molar-refractivity contribution in [2.45, 2.75) is 174 Å². The van der Waals surface area contributed by atoms with Crippen molar-refractivity contribution in [3.8, 4) is 0 Å². The van der Waals surface area contributed by atoms with E-state index in [1.165, 1.54) is 77.0 Å². The highest BCUT2D eigenvalue weighted by Gasteiger charge is 2.27. The summed E-state index contributed by atoms with van der Waals surface area (Å²) < 4.78 is 32.4. The second-order valence-corrected chi connectivity index (χ2v) is 13.7. The van der Waals surface area contributed by atoms with Gasteiger partial charge in [0.2, 0.25) is 0 Å². The highest BCUT2D eigenvalue weighted by atomic mass is 31.2. The topological polar surface area (TPSA) is 149 Å². The minimum atomic E-state index is -4.60. The normalized spacial score (nSPS) is 14.3. The van der Waals surface area contributed by atoms with Gasteiger partial charge in [-0.3, -0.25) is 18.6 Å². The number of hydrogen-bond donors (Lipinski definition) is 3. The van der Waals surface area contributed by atoms with Crippen molar-refractivity contribution in [3.63, 3.8) is 0 Å². The van der Waals surface area contributed by atoms with E-state index in [1.54, 1.807) is 0 Å². The van der Waals surface area contributed by atoms with Crippen molar-refractivity contribution in [1.29, 1.82) is 0 Å². The molecule has 0 aromatic rings. The number of aliphatic hydroxyl groups excluding tert-OH is 2. The molecular formula is C35H67O10P. The highest BCUT2D eigenvalue weighted by molar-refractivity contribution is 7.47. The van der Waals surface area contributed by atoms with Crippen molar-refractivity contribution in [2.75, 3.05) is 26.4 Å². The second kappa shape index (κ2) is 32.3. The lowest BCUT2D eigenvalue weighted by atomic mass is 10.1. The molecule has 0 spiro atoms. The predicted molar refractivity (Wildman–Crippen MR) is 182 cm³/mol. The van der Waals surface area contributed by atoms with Gasteiger partial charge in [-0.25, -0.2) is 4.57 Å². The Morgan fingerprint density at radius 2 is 1.07 bits per heavy atom. The van der Waals surface area contributed by atoms with E-state index in [0.717, 1.165) is 44.9 Å². The third-order valence-electron chi connectivity index (χ3n) is 7.67. The molecule has 0 aromatic heterocycles. The third kappa shape index (κ3) is 31.3. The first-order chi connectivity index (χ1) is 22.2. The summed E-state index contributed by atoms with van der Waals surface area (Å²) >= 11 is 0. The van der Waals surface area contributed by atoms with Crippen molar-refractivity contribution in [2.24, 2.45) is 0 Å². The Morgan fingerprint density at radius 3 is 1.59 bits per heavy atom. The standard InChI is InChI=1S/C35H67O10P/c1-3-5-7-9-11-13-14-15-16-17-18-19-21-23-25-27-35(39)45-33(31-44-46(40,41)43-29-32(37)28-36)30-42-34(38)26-24-22-20-12-10-8-6-4-2/h13-14,32-33,36-37H,3-12,15-31H2,1-2H3,(H,40,41)/b14-13-/t32-,33+/m0/s1. The number of unbranched alkanes of at least 4 members (excludes halogenated alkanes) is 18. The Labute approximate surface area is 279 Å². The Kier molecular flexibility index (Phi) is 31.4. The first kappa shape index (κ1) is 44.7. The zero-order valence-corrected chi connectivity index (χ0v) is 29.9. The number of carbonyl (C=O) groups is 2. The fourth-order valence-electron chi connectivity index (χ4n) is 4.81. The molecule has 0 rings (SSSR count). The van der Waals surface area contributed by atoms with Crippen LogP contribution in [0.4, 0.5) is 0 Å². The number of esters is 2. The maximum Gasteiger partial charge on any atom is 0.472 e. The molecule has 0 saturated heterocycles. The Morgan fingerprint density at radius 1 is 0.630 bits per heavy atom. The monoisotopic (exact) mass is 678 g/mol. The van der Waals surface area contributed by atoms with Crippen LogP contribution in [0.25, 0.3) is 0 Å². The number of phosphoric ester groups is 1. The Balaban J connectivity index is 4.36. The minimum absolute atomic E-state index is 0.182. The van der Waals surface area contributed by atoms with Crippen LogP contribution < -0.4 is 0 Å². The molecule has 11 heteroatoms. The lowest BCUT2D eigenvalue weighted by Gasteiger charge is -2.20. The van der Waals surface area contributed by atoms with E-state index in [0.29, 0.717) is 12.8 Å². The molecule has 0 amide bonds. The zero-order chi connectivity index (χ0) is 34.1. The Bertz CT molecular complexity index is 791. The van der Waals surface area contributed by atoms with E-state index in [1.807, 2.05) is 0 Å². The SMILES string of the molecule is CCCCCC/C=C\CCCCCCCCCC(=O)O[C@H](COC(=O)CCCCCCCCCC)COP(=O)(O)OC[C@@H](O)CO. The van der Waals surface area contributed by atoms with Crippen LogP contribution in [-0.2, 0) is 32.7 Å². The van der Waals surface area contributed by atoms with Gasteiger partial charge in [-0.05, 0) is 38.5 Å². The van der Waals surface area contributed by atoms with E-state index in [2.05, 4.69) is 30.5 Å². The molecule has 272 valence electrons. The first-order valence-corrected chi connectivity index (χ1v) is 19.6. The van der Waals surface area contributed by atoms with Gasteiger partial charge in [0.1, 0.15) is 12.7 Å². The summed E-state index contributed by atoms with van der Waals surface area (Å²) in [6.45, 7) is 2.31.